The molecular formula is C15H25N3O3. The number of carbonyl (C=O) groups is 2. The molecule has 3 fully saturated rings. The number of fused-ring (bicyclic) bond motifs is 1. The monoisotopic (exact) mass is 295 g/mol. The van der Waals surface area contributed by atoms with Crippen LogP contribution in [0.5, 0.6) is 0 Å². The second kappa shape index (κ2) is 5.83. The molecule has 21 heavy (non-hydrogen) atoms. The number of rotatable bonds is 2. The number of nitrogens with zero attached hydrogens (tertiary/aromatic N) is 2. The first-order chi connectivity index (χ1) is 10.1. The molecule has 3 rings (SSSR count). The van der Waals surface area contributed by atoms with E-state index in [-0.39, 0.29) is 18.0 Å². The smallest absolute Gasteiger partial charge is 0.326 e. The summed E-state index contributed by atoms with van der Waals surface area (Å²) < 4.78 is 0. The van der Waals surface area contributed by atoms with Crippen LogP contribution in [0, 0.1) is 5.92 Å². The molecule has 3 saturated heterocycles. The third-order valence-corrected chi connectivity index (χ3v) is 5.36. The largest absolute Gasteiger partial charge is 0.480 e. The van der Waals surface area contributed by atoms with Gasteiger partial charge in [-0.15, -0.1) is 0 Å². The number of likely N-dealkylation sites (tertiary alicyclic amines) is 1. The second-order valence-electron chi connectivity index (χ2n) is 6.75. The van der Waals surface area contributed by atoms with E-state index in [4.69, 9.17) is 0 Å². The quantitative estimate of drug-likeness (QED) is 0.800. The lowest BCUT2D eigenvalue weighted by molar-refractivity contribution is -0.142. The van der Waals surface area contributed by atoms with Gasteiger partial charge in [0.25, 0.3) is 0 Å². The minimum absolute atomic E-state index is 0.0323. The Kier molecular flexibility index (Phi) is 4.06. The van der Waals surface area contributed by atoms with Crippen molar-refractivity contribution in [2.45, 2.75) is 57.2 Å². The van der Waals surface area contributed by atoms with Crippen molar-refractivity contribution >= 4 is 12.0 Å². The van der Waals surface area contributed by atoms with E-state index in [2.05, 4.69) is 10.2 Å². The number of hydrogen-bond donors (Lipinski definition) is 2. The van der Waals surface area contributed by atoms with Gasteiger partial charge in [0.05, 0.1) is 0 Å². The van der Waals surface area contributed by atoms with E-state index in [1.165, 1.54) is 24.3 Å². The van der Waals surface area contributed by atoms with Gasteiger partial charge in [0.2, 0.25) is 0 Å². The maximum absolute atomic E-state index is 12.4. The SMILES string of the molecule is CC1CCN(C(=O)NC2CCN3CCCC3C2)C1C(=O)O. The number of urea groups is 1. The van der Waals surface area contributed by atoms with Crippen LogP contribution >= 0.6 is 0 Å². The van der Waals surface area contributed by atoms with E-state index in [0.717, 1.165) is 25.8 Å². The predicted octanol–water partition coefficient (Wildman–Crippen LogP) is 1.12. The van der Waals surface area contributed by atoms with Crippen LogP contribution in [0.15, 0.2) is 0 Å². The minimum Gasteiger partial charge on any atom is -0.480 e. The molecule has 2 N–H and O–H groups in total. The fourth-order valence-electron chi connectivity index (χ4n) is 4.16. The molecule has 3 heterocycles. The molecule has 0 aliphatic carbocycles. The maximum Gasteiger partial charge on any atom is 0.326 e. The Bertz CT molecular complexity index is 428. The molecule has 0 bridgehead atoms. The highest BCUT2D eigenvalue weighted by Crippen LogP contribution is 2.28. The summed E-state index contributed by atoms with van der Waals surface area (Å²) in [5, 5.41) is 12.4. The zero-order valence-corrected chi connectivity index (χ0v) is 12.6. The number of carboxylic acid groups (broad SMARTS) is 1. The molecule has 0 spiro atoms. The fraction of sp³-hybridized carbons (Fsp3) is 0.867. The van der Waals surface area contributed by atoms with Crippen LogP contribution < -0.4 is 5.32 Å². The van der Waals surface area contributed by atoms with Gasteiger partial charge in [-0.05, 0) is 44.6 Å². The Morgan fingerprint density at radius 2 is 1.95 bits per heavy atom. The fourth-order valence-corrected chi connectivity index (χ4v) is 4.16. The zero-order chi connectivity index (χ0) is 15.0. The molecule has 0 aromatic heterocycles. The number of nitrogens with one attached hydrogen (secondary N) is 1. The highest BCUT2D eigenvalue weighted by atomic mass is 16.4. The van der Waals surface area contributed by atoms with Crippen LogP contribution in [0.2, 0.25) is 0 Å². The van der Waals surface area contributed by atoms with Crippen molar-refractivity contribution < 1.29 is 14.7 Å². The van der Waals surface area contributed by atoms with Crippen molar-refractivity contribution in [1.82, 2.24) is 15.1 Å². The number of hydrogen-bond acceptors (Lipinski definition) is 3. The summed E-state index contributed by atoms with van der Waals surface area (Å²) in [5.41, 5.74) is 0. The topological polar surface area (TPSA) is 72.9 Å². The van der Waals surface area contributed by atoms with Crippen molar-refractivity contribution in [2.75, 3.05) is 19.6 Å². The number of aliphatic carboxylic acids is 1. The van der Waals surface area contributed by atoms with Gasteiger partial charge in [-0.3, -0.25) is 0 Å². The molecule has 0 aromatic carbocycles. The van der Waals surface area contributed by atoms with E-state index in [9.17, 15) is 14.7 Å². The highest BCUT2D eigenvalue weighted by Gasteiger charge is 2.40. The molecule has 0 aromatic rings. The van der Waals surface area contributed by atoms with Crippen molar-refractivity contribution in [3.63, 3.8) is 0 Å². The van der Waals surface area contributed by atoms with Crippen molar-refractivity contribution in [1.29, 1.82) is 0 Å². The Morgan fingerprint density at radius 3 is 2.71 bits per heavy atom. The maximum atomic E-state index is 12.4. The molecule has 2 amide bonds. The molecule has 4 atom stereocenters. The van der Waals surface area contributed by atoms with Crippen molar-refractivity contribution in [3.8, 4) is 0 Å². The van der Waals surface area contributed by atoms with Gasteiger partial charge >= 0.3 is 12.0 Å². The van der Waals surface area contributed by atoms with Crippen LogP contribution in [0.1, 0.15) is 39.0 Å². The average molecular weight is 295 g/mol. The number of piperidine rings is 1. The summed E-state index contributed by atoms with van der Waals surface area (Å²) >= 11 is 0. The summed E-state index contributed by atoms with van der Waals surface area (Å²) in [5.74, 6) is -0.856. The van der Waals surface area contributed by atoms with E-state index in [1.807, 2.05) is 6.92 Å². The van der Waals surface area contributed by atoms with Gasteiger partial charge in [0.1, 0.15) is 6.04 Å². The molecule has 6 nitrogen and oxygen atoms in total. The summed E-state index contributed by atoms with van der Waals surface area (Å²) in [7, 11) is 0. The average Bonchev–Trinajstić information content (AvgIpc) is 3.04. The van der Waals surface area contributed by atoms with Gasteiger partial charge in [-0.1, -0.05) is 6.92 Å². The molecule has 0 radical (unpaired) electrons. The lowest BCUT2D eigenvalue weighted by Crippen LogP contribution is -2.53. The highest BCUT2D eigenvalue weighted by molar-refractivity contribution is 5.83. The van der Waals surface area contributed by atoms with Crippen LogP contribution in [0.25, 0.3) is 0 Å². The van der Waals surface area contributed by atoms with Gasteiger partial charge in [-0.2, -0.15) is 0 Å². The first-order valence-corrected chi connectivity index (χ1v) is 8.10. The summed E-state index contributed by atoms with van der Waals surface area (Å²) in [6, 6.07) is -0.0567. The van der Waals surface area contributed by atoms with Gasteiger partial charge in [0.15, 0.2) is 0 Å². The summed E-state index contributed by atoms with van der Waals surface area (Å²) in [4.78, 5) is 27.8. The lowest BCUT2D eigenvalue weighted by Gasteiger charge is -2.36. The zero-order valence-electron chi connectivity index (χ0n) is 12.6. The third kappa shape index (κ3) is 2.86. The minimum atomic E-state index is -0.888. The Morgan fingerprint density at radius 1 is 1.14 bits per heavy atom. The molecular weight excluding hydrogens is 270 g/mol. The lowest BCUT2D eigenvalue weighted by atomic mass is 9.98. The Balaban J connectivity index is 1.57. The molecule has 3 aliphatic heterocycles. The van der Waals surface area contributed by atoms with Gasteiger partial charge < -0.3 is 20.2 Å². The van der Waals surface area contributed by atoms with Gasteiger partial charge in [-0.25, -0.2) is 9.59 Å². The summed E-state index contributed by atoms with van der Waals surface area (Å²) in [6.45, 7) is 4.69. The van der Waals surface area contributed by atoms with Crippen LogP contribution in [-0.2, 0) is 4.79 Å². The van der Waals surface area contributed by atoms with Crippen LogP contribution in [0.4, 0.5) is 4.79 Å². The third-order valence-electron chi connectivity index (χ3n) is 5.36. The van der Waals surface area contributed by atoms with Crippen LogP contribution in [-0.4, -0.2) is 64.7 Å². The standard InChI is InChI=1S/C15H25N3O3/c1-10-4-8-18(13(10)14(19)20)15(21)16-11-5-7-17-6-2-3-12(17)9-11/h10-13H,2-9H2,1H3,(H,16,21)(H,19,20). The van der Waals surface area contributed by atoms with Crippen molar-refractivity contribution in [3.05, 3.63) is 0 Å². The van der Waals surface area contributed by atoms with E-state index in [0.29, 0.717) is 12.6 Å². The van der Waals surface area contributed by atoms with Crippen LogP contribution in [0.3, 0.4) is 0 Å². The normalized spacial score (nSPS) is 36.5. The van der Waals surface area contributed by atoms with Gasteiger partial charge in [0, 0.05) is 25.2 Å². The number of carboxylic acids is 1. The Labute approximate surface area is 125 Å². The number of carbonyl (C=O) groups excluding carboxylic acids is 1. The van der Waals surface area contributed by atoms with Crippen molar-refractivity contribution in [2.24, 2.45) is 5.92 Å². The van der Waals surface area contributed by atoms with E-state index >= 15 is 0 Å². The summed E-state index contributed by atoms with van der Waals surface area (Å²) in [6.07, 6.45) is 5.24. The Hall–Kier alpha value is -1.30. The van der Waals surface area contributed by atoms with E-state index < -0.39 is 12.0 Å². The second-order valence-corrected chi connectivity index (χ2v) is 6.75. The first-order valence-electron chi connectivity index (χ1n) is 8.10. The first kappa shape index (κ1) is 14.6. The predicted molar refractivity (Wildman–Crippen MR) is 78.1 cm³/mol. The number of amides is 2. The molecule has 4 unspecified atom stereocenters. The molecule has 6 heteroatoms. The molecule has 0 saturated carbocycles. The molecule has 118 valence electrons. The van der Waals surface area contributed by atoms with E-state index in [1.54, 1.807) is 0 Å². The molecule has 3 aliphatic rings.